The number of rotatable bonds is 2. The number of ether oxygens (including phenoxy) is 1. The Morgan fingerprint density at radius 1 is 1.47 bits per heavy atom. The molecule has 1 aliphatic heterocycles. The van der Waals surface area contributed by atoms with Crippen molar-refractivity contribution in [3.05, 3.63) is 0 Å². The van der Waals surface area contributed by atoms with Gasteiger partial charge in [0.15, 0.2) is 0 Å². The predicted molar refractivity (Wildman–Crippen MR) is 60.8 cm³/mol. The summed E-state index contributed by atoms with van der Waals surface area (Å²) in [5.41, 5.74) is -0.375. The summed E-state index contributed by atoms with van der Waals surface area (Å²) >= 11 is 0. The zero-order valence-corrected chi connectivity index (χ0v) is 10.4. The Morgan fingerprint density at radius 2 is 2.13 bits per heavy atom. The van der Waals surface area contributed by atoms with Crippen LogP contribution in [0.25, 0.3) is 0 Å². The minimum atomic E-state index is -0.375. The Morgan fingerprint density at radius 3 is 2.67 bits per heavy atom. The highest BCUT2D eigenvalue weighted by Gasteiger charge is 2.28. The van der Waals surface area contributed by atoms with E-state index in [1.54, 1.807) is 0 Å². The minimum Gasteiger partial charge on any atom is -0.444 e. The third-order valence-electron chi connectivity index (χ3n) is 2.63. The van der Waals surface area contributed by atoms with Gasteiger partial charge in [-0.05, 0) is 39.5 Å². The van der Waals surface area contributed by atoms with Gasteiger partial charge < -0.3 is 9.64 Å². The monoisotopic (exact) mass is 213 g/mol. The van der Waals surface area contributed by atoms with Crippen LogP contribution >= 0.6 is 0 Å². The van der Waals surface area contributed by atoms with Gasteiger partial charge in [-0.15, -0.1) is 0 Å². The van der Waals surface area contributed by atoms with Crippen LogP contribution in [0.3, 0.4) is 0 Å². The Labute approximate surface area is 92.8 Å². The Bertz CT molecular complexity index is 220. The molecule has 1 heterocycles. The van der Waals surface area contributed by atoms with E-state index in [0.717, 1.165) is 19.5 Å². The largest absolute Gasteiger partial charge is 0.444 e. The summed E-state index contributed by atoms with van der Waals surface area (Å²) in [6, 6.07) is 0. The van der Waals surface area contributed by atoms with Crippen molar-refractivity contribution in [3.63, 3.8) is 0 Å². The first-order chi connectivity index (χ1) is 6.92. The molecule has 0 aromatic heterocycles. The van der Waals surface area contributed by atoms with Crippen LogP contribution in [0, 0.1) is 5.92 Å². The summed E-state index contributed by atoms with van der Waals surface area (Å²) in [5, 5.41) is 0. The first-order valence-electron chi connectivity index (χ1n) is 5.90. The van der Waals surface area contributed by atoms with Gasteiger partial charge in [0, 0.05) is 13.1 Å². The molecule has 3 heteroatoms. The lowest BCUT2D eigenvalue weighted by Crippen LogP contribution is -2.35. The molecule has 1 atom stereocenters. The van der Waals surface area contributed by atoms with Gasteiger partial charge >= 0.3 is 6.09 Å². The summed E-state index contributed by atoms with van der Waals surface area (Å²) in [5.74, 6) is 0.683. The maximum atomic E-state index is 11.7. The van der Waals surface area contributed by atoms with E-state index in [9.17, 15) is 4.79 Å². The number of carbonyl (C=O) groups is 1. The van der Waals surface area contributed by atoms with Gasteiger partial charge in [0.25, 0.3) is 0 Å². The van der Waals surface area contributed by atoms with E-state index in [0.29, 0.717) is 5.92 Å². The van der Waals surface area contributed by atoms with Crippen molar-refractivity contribution in [1.29, 1.82) is 0 Å². The van der Waals surface area contributed by atoms with Crippen molar-refractivity contribution in [2.45, 2.75) is 52.6 Å². The highest BCUT2D eigenvalue weighted by molar-refractivity contribution is 5.68. The average Bonchev–Trinajstić information content (AvgIpc) is 2.50. The molecule has 0 spiro atoms. The van der Waals surface area contributed by atoms with Crippen LogP contribution in [0.1, 0.15) is 47.0 Å². The summed E-state index contributed by atoms with van der Waals surface area (Å²) in [4.78, 5) is 13.6. The molecule has 15 heavy (non-hydrogen) atoms. The van der Waals surface area contributed by atoms with E-state index in [1.807, 2.05) is 25.7 Å². The zero-order chi connectivity index (χ0) is 11.5. The molecule has 1 rings (SSSR count). The van der Waals surface area contributed by atoms with Gasteiger partial charge in [-0.25, -0.2) is 4.79 Å². The van der Waals surface area contributed by atoms with Crippen LogP contribution in [-0.2, 0) is 4.74 Å². The second kappa shape index (κ2) is 4.86. The van der Waals surface area contributed by atoms with Gasteiger partial charge in [-0.1, -0.05) is 13.3 Å². The molecule has 1 fully saturated rings. The number of carbonyl (C=O) groups excluding carboxylic acids is 1. The second-order valence-corrected chi connectivity index (χ2v) is 5.37. The van der Waals surface area contributed by atoms with E-state index in [2.05, 4.69) is 6.92 Å². The van der Waals surface area contributed by atoms with Crippen molar-refractivity contribution in [2.75, 3.05) is 13.1 Å². The fourth-order valence-corrected chi connectivity index (χ4v) is 1.97. The smallest absolute Gasteiger partial charge is 0.410 e. The van der Waals surface area contributed by atoms with Gasteiger partial charge in [0.05, 0.1) is 0 Å². The van der Waals surface area contributed by atoms with E-state index < -0.39 is 0 Å². The second-order valence-electron chi connectivity index (χ2n) is 5.37. The molecule has 0 bridgehead atoms. The number of nitrogens with zero attached hydrogens (tertiary/aromatic N) is 1. The third-order valence-corrected chi connectivity index (χ3v) is 2.63. The van der Waals surface area contributed by atoms with Crippen molar-refractivity contribution < 1.29 is 9.53 Å². The maximum Gasteiger partial charge on any atom is 0.410 e. The summed E-state index contributed by atoms with van der Waals surface area (Å²) < 4.78 is 5.34. The molecule has 0 aromatic carbocycles. The Balaban J connectivity index is 2.37. The molecule has 0 unspecified atom stereocenters. The normalized spacial score (nSPS) is 21.9. The van der Waals surface area contributed by atoms with Gasteiger partial charge in [-0.2, -0.15) is 0 Å². The molecule has 0 saturated carbocycles. The average molecular weight is 213 g/mol. The Hall–Kier alpha value is -0.730. The molecule has 0 aromatic rings. The topological polar surface area (TPSA) is 29.5 Å². The van der Waals surface area contributed by atoms with E-state index in [4.69, 9.17) is 4.74 Å². The minimum absolute atomic E-state index is 0.152. The molecule has 0 N–H and O–H groups in total. The molecule has 1 saturated heterocycles. The molecule has 0 radical (unpaired) electrons. The molecular formula is C12H23NO2. The SMILES string of the molecule is CCC[C@@H]1CCN(C(=O)OC(C)(C)C)C1. The predicted octanol–water partition coefficient (Wildman–Crippen LogP) is 3.04. The van der Waals surface area contributed by atoms with Gasteiger partial charge in [-0.3, -0.25) is 0 Å². The van der Waals surface area contributed by atoms with Crippen LogP contribution in [-0.4, -0.2) is 29.7 Å². The quantitative estimate of drug-likeness (QED) is 0.705. The van der Waals surface area contributed by atoms with Crippen LogP contribution in [0.2, 0.25) is 0 Å². The number of amides is 1. The summed E-state index contributed by atoms with van der Waals surface area (Å²) in [6.07, 6.45) is 3.40. The molecular weight excluding hydrogens is 190 g/mol. The zero-order valence-electron chi connectivity index (χ0n) is 10.4. The van der Waals surface area contributed by atoms with Crippen LogP contribution < -0.4 is 0 Å². The lowest BCUT2D eigenvalue weighted by molar-refractivity contribution is 0.0287. The summed E-state index contributed by atoms with van der Waals surface area (Å²) in [6.45, 7) is 9.65. The first kappa shape index (κ1) is 12.3. The maximum absolute atomic E-state index is 11.7. The molecule has 1 amide bonds. The number of likely N-dealkylation sites (tertiary alicyclic amines) is 1. The van der Waals surface area contributed by atoms with E-state index in [-0.39, 0.29) is 11.7 Å². The van der Waals surface area contributed by atoms with Crippen LogP contribution in [0.4, 0.5) is 4.79 Å². The third kappa shape index (κ3) is 4.10. The molecule has 3 nitrogen and oxygen atoms in total. The summed E-state index contributed by atoms with van der Waals surface area (Å²) in [7, 11) is 0. The highest BCUT2D eigenvalue weighted by atomic mass is 16.6. The lowest BCUT2D eigenvalue weighted by atomic mass is 10.0. The van der Waals surface area contributed by atoms with Gasteiger partial charge in [0.2, 0.25) is 0 Å². The molecule has 88 valence electrons. The molecule has 0 aliphatic carbocycles. The number of hydrogen-bond donors (Lipinski definition) is 0. The van der Waals surface area contributed by atoms with E-state index in [1.165, 1.54) is 12.8 Å². The van der Waals surface area contributed by atoms with Crippen molar-refractivity contribution >= 4 is 6.09 Å². The van der Waals surface area contributed by atoms with E-state index >= 15 is 0 Å². The van der Waals surface area contributed by atoms with Crippen molar-refractivity contribution in [1.82, 2.24) is 4.90 Å². The molecule has 1 aliphatic rings. The van der Waals surface area contributed by atoms with Crippen LogP contribution in [0.5, 0.6) is 0 Å². The number of hydrogen-bond acceptors (Lipinski definition) is 2. The lowest BCUT2D eigenvalue weighted by Gasteiger charge is -2.24. The van der Waals surface area contributed by atoms with Crippen LogP contribution in [0.15, 0.2) is 0 Å². The highest BCUT2D eigenvalue weighted by Crippen LogP contribution is 2.22. The van der Waals surface area contributed by atoms with Gasteiger partial charge in [0.1, 0.15) is 5.60 Å². The first-order valence-corrected chi connectivity index (χ1v) is 5.90. The van der Waals surface area contributed by atoms with Crippen molar-refractivity contribution in [3.8, 4) is 0 Å². The fraction of sp³-hybridized carbons (Fsp3) is 0.917. The fourth-order valence-electron chi connectivity index (χ4n) is 1.97. The standard InChI is InChI=1S/C12H23NO2/c1-5-6-10-7-8-13(9-10)11(14)15-12(2,3)4/h10H,5-9H2,1-4H3/t10-/m1/s1. The Kier molecular flexibility index (Phi) is 4.00. The van der Waals surface area contributed by atoms with Crippen molar-refractivity contribution in [2.24, 2.45) is 5.92 Å².